The molecule has 0 aliphatic heterocycles. The van der Waals surface area contributed by atoms with Crippen LogP contribution in [0.25, 0.3) is 33.3 Å². The molecule has 0 unspecified atom stereocenters. The monoisotopic (exact) mass is 403 g/mol. The normalized spacial score (nSPS) is 11.1. The van der Waals surface area contributed by atoms with Gasteiger partial charge in [0.25, 0.3) is 5.56 Å². The molecule has 9 nitrogen and oxygen atoms in total. The van der Waals surface area contributed by atoms with Gasteiger partial charge in [0.2, 0.25) is 5.78 Å². The molecule has 0 saturated carbocycles. The number of carbonyl (C=O) groups is 1. The summed E-state index contributed by atoms with van der Waals surface area (Å²) >= 11 is 0. The first-order valence-electron chi connectivity index (χ1n) is 9.32. The summed E-state index contributed by atoms with van der Waals surface area (Å²) in [6.45, 7) is 1.86. The molecule has 0 fully saturated rings. The lowest BCUT2D eigenvalue weighted by atomic mass is 10.0. The quantitative estimate of drug-likeness (QED) is 0.193. The highest BCUT2D eigenvalue weighted by Crippen LogP contribution is 2.35. The minimum atomic E-state index is -0.601. The van der Waals surface area contributed by atoms with Crippen molar-refractivity contribution in [2.24, 2.45) is 0 Å². The lowest BCUT2D eigenvalue weighted by Crippen LogP contribution is -2.12. The van der Waals surface area contributed by atoms with Gasteiger partial charge in [0.15, 0.2) is 5.69 Å². The summed E-state index contributed by atoms with van der Waals surface area (Å²) in [6, 6.07) is 11.3. The molecule has 0 bridgehead atoms. The van der Waals surface area contributed by atoms with Crippen LogP contribution in [0.1, 0.15) is 30.1 Å². The fraction of sp³-hybridized carbons (Fsp3) is 0.143. The number of hydrogen-bond donors (Lipinski definition) is 3. The van der Waals surface area contributed by atoms with Crippen molar-refractivity contribution in [3.05, 3.63) is 68.5 Å². The van der Waals surface area contributed by atoms with Crippen LogP contribution in [0.5, 0.6) is 0 Å². The molecule has 4 aromatic rings. The molecule has 2 heterocycles. The molecule has 9 heteroatoms. The SMILES string of the molecule is CCCC(=N)C(=O)c1ccc2[nH]c(-c3nc4ccccc4[nH]c3=O)c([N+](=O)[O-])c2c1. The Labute approximate surface area is 169 Å². The average Bonchev–Trinajstić information content (AvgIpc) is 3.11. The molecule has 30 heavy (non-hydrogen) atoms. The Kier molecular flexibility index (Phi) is 4.71. The number of hydrogen-bond acceptors (Lipinski definition) is 6. The van der Waals surface area contributed by atoms with Gasteiger partial charge < -0.3 is 15.4 Å². The summed E-state index contributed by atoms with van der Waals surface area (Å²) in [5.74, 6) is -0.475. The third-order valence-electron chi connectivity index (χ3n) is 4.83. The highest BCUT2D eigenvalue weighted by molar-refractivity contribution is 6.45. The van der Waals surface area contributed by atoms with Gasteiger partial charge in [-0.2, -0.15) is 0 Å². The fourth-order valence-electron chi connectivity index (χ4n) is 3.42. The number of fused-ring (bicyclic) bond motifs is 2. The highest BCUT2D eigenvalue weighted by Gasteiger charge is 2.27. The number of benzene rings is 2. The number of nitro groups is 1. The Morgan fingerprint density at radius 3 is 2.67 bits per heavy atom. The molecule has 0 aliphatic carbocycles. The molecule has 4 rings (SSSR count). The smallest absolute Gasteiger partial charge is 0.304 e. The highest BCUT2D eigenvalue weighted by atomic mass is 16.6. The number of Topliss-reactive ketones (excluding diaryl/α,β-unsaturated/α-hetero) is 1. The summed E-state index contributed by atoms with van der Waals surface area (Å²) < 4.78 is 0. The number of aromatic nitrogens is 3. The zero-order chi connectivity index (χ0) is 21.4. The van der Waals surface area contributed by atoms with Gasteiger partial charge in [0.05, 0.1) is 32.6 Å². The van der Waals surface area contributed by atoms with Gasteiger partial charge in [-0.15, -0.1) is 0 Å². The predicted octanol–water partition coefficient (Wildman–Crippen LogP) is 3.98. The van der Waals surface area contributed by atoms with Crippen molar-refractivity contribution in [2.75, 3.05) is 0 Å². The van der Waals surface area contributed by atoms with Gasteiger partial charge in [-0.05, 0) is 36.8 Å². The second-order valence-corrected chi connectivity index (χ2v) is 6.86. The van der Waals surface area contributed by atoms with Crippen molar-refractivity contribution in [3.8, 4) is 11.4 Å². The van der Waals surface area contributed by atoms with Crippen LogP contribution < -0.4 is 5.56 Å². The van der Waals surface area contributed by atoms with E-state index in [2.05, 4.69) is 15.0 Å². The molecule has 0 saturated heterocycles. The largest absolute Gasteiger partial charge is 0.347 e. The number of carbonyl (C=O) groups excluding carboxylic acids is 1. The predicted molar refractivity (Wildman–Crippen MR) is 113 cm³/mol. The Balaban J connectivity index is 1.94. The number of H-pyrrole nitrogens is 2. The van der Waals surface area contributed by atoms with Crippen molar-refractivity contribution in [2.45, 2.75) is 19.8 Å². The molecule has 2 aromatic heterocycles. The lowest BCUT2D eigenvalue weighted by Gasteiger charge is -2.02. The molecular weight excluding hydrogens is 386 g/mol. The van der Waals surface area contributed by atoms with E-state index in [1.807, 2.05) is 6.92 Å². The minimum Gasteiger partial charge on any atom is -0.347 e. The van der Waals surface area contributed by atoms with Crippen LogP contribution in [0.4, 0.5) is 5.69 Å². The van der Waals surface area contributed by atoms with Crippen molar-refractivity contribution in [1.29, 1.82) is 5.41 Å². The van der Waals surface area contributed by atoms with Crippen molar-refractivity contribution >= 4 is 39.1 Å². The van der Waals surface area contributed by atoms with Crippen LogP contribution in [-0.2, 0) is 0 Å². The van der Waals surface area contributed by atoms with Crippen LogP contribution in [0, 0.1) is 15.5 Å². The van der Waals surface area contributed by atoms with E-state index in [0.29, 0.717) is 29.4 Å². The maximum atomic E-state index is 12.6. The van der Waals surface area contributed by atoms with Crippen LogP contribution in [0.3, 0.4) is 0 Å². The topological polar surface area (TPSA) is 146 Å². The maximum Gasteiger partial charge on any atom is 0.304 e. The number of nitrogens with zero attached hydrogens (tertiary/aromatic N) is 2. The Morgan fingerprint density at radius 1 is 1.17 bits per heavy atom. The molecular formula is C21H17N5O4. The molecule has 150 valence electrons. The second-order valence-electron chi connectivity index (χ2n) is 6.86. The third kappa shape index (κ3) is 3.16. The van der Waals surface area contributed by atoms with Gasteiger partial charge in [-0.1, -0.05) is 25.5 Å². The van der Waals surface area contributed by atoms with E-state index in [4.69, 9.17) is 5.41 Å². The number of aromatic amines is 2. The van der Waals surface area contributed by atoms with E-state index in [0.717, 1.165) is 0 Å². The second kappa shape index (κ2) is 7.36. The summed E-state index contributed by atoms with van der Waals surface area (Å²) in [4.78, 5) is 46.2. The number of rotatable bonds is 6. The number of para-hydroxylation sites is 2. The van der Waals surface area contributed by atoms with E-state index >= 15 is 0 Å². The number of ketones is 1. The Morgan fingerprint density at radius 2 is 1.93 bits per heavy atom. The van der Waals surface area contributed by atoms with Crippen LogP contribution in [0.15, 0.2) is 47.3 Å². The van der Waals surface area contributed by atoms with Gasteiger partial charge in [-0.25, -0.2) is 4.98 Å². The molecule has 0 aliphatic rings. The molecule has 2 aromatic carbocycles. The summed E-state index contributed by atoms with van der Waals surface area (Å²) in [5, 5.41) is 19.9. The van der Waals surface area contributed by atoms with Crippen molar-refractivity contribution in [1.82, 2.24) is 15.0 Å². The zero-order valence-electron chi connectivity index (χ0n) is 16.0. The Bertz CT molecular complexity index is 1400. The van der Waals surface area contributed by atoms with Crippen LogP contribution >= 0.6 is 0 Å². The standard InChI is InChI=1S/C21H17N5O4/c1-2-5-13(22)20(27)11-8-9-14-12(10-11)19(26(29)30)17(23-14)18-21(28)25-16-7-4-3-6-15(16)24-18/h3-4,6-10,22-23H,2,5H2,1H3,(H,25,28). The molecule has 0 atom stereocenters. The van der Waals surface area contributed by atoms with E-state index < -0.39 is 16.3 Å². The molecule has 0 amide bonds. The summed E-state index contributed by atoms with van der Waals surface area (Å²) in [7, 11) is 0. The van der Waals surface area contributed by atoms with Crippen LogP contribution in [-0.4, -0.2) is 31.4 Å². The molecule has 0 spiro atoms. The fourth-order valence-corrected chi connectivity index (χ4v) is 3.42. The first-order chi connectivity index (χ1) is 14.4. The van der Waals surface area contributed by atoms with Gasteiger partial charge >= 0.3 is 5.69 Å². The molecule has 0 radical (unpaired) electrons. The van der Waals surface area contributed by atoms with Gasteiger partial charge in [-0.3, -0.25) is 19.7 Å². The third-order valence-corrected chi connectivity index (χ3v) is 4.83. The van der Waals surface area contributed by atoms with Crippen molar-refractivity contribution in [3.63, 3.8) is 0 Å². The maximum absolute atomic E-state index is 12.6. The molecule has 3 N–H and O–H groups in total. The first-order valence-corrected chi connectivity index (χ1v) is 9.32. The van der Waals surface area contributed by atoms with E-state index in [-0.39, 0.29) is 33.7 Å². The average molecular weight is 403 g/mol. The van der Waals surface area contributed by atoms with E-state index in [1.54, 1.807) is 24.3 Å². The summed E-state index contributed by atoms with van der Waals surface area (Å²) in [5.41, 5.74) is 0.497. The lowest BCUT2D eigenvalue weighted by molar-refractivity contribution is -0.382. The van der Waals surface area contributed by atoms with Gasteiger partial charge in [0.1, 0.15) is 5.69 Å². The Hall–Kier alpha value is -4.14. The minimum absolute atomic E-state index is 0.0322. The van der Waals surface area contributed by atoms with E-state index in [9.17, 15) is 19.7 Å². The first kappa shape index (κ1) is 19.2. The number of nitrogens with one attached hydrogen (secondary N) is 3. The summed E-state index contributed by atoms with van der Waals surface area (Å²) in [6.07, 6.45) is 0.978. The van der Waals surface area contributed by atoms with Gasteiger partial charge in [0, 0.05) is 5.56 Å². The zero-order valence-corrected chi connectivity index (χ0v) is 16.0. The van der Waals surface area contributed by atoms with E-state index in [1.165, 1.54) is 18.2 Å². The van der Waals surface area contributed by atoms with Crippen LogP contribution in [0.2, 0.25) is 0 Å². The van der Waals surface area contributed by atoms with Crippen molar-refractivity contribution < 1.29 is 9.72 Å².